The van der Waals surface area contributed by atoms with E-state index in [1.165, 1.54) is 54.0 Å². The number of hydrogen-bond acceptors (Lipinski definition) is 4. The summed E-state index contributed by atoms with van der Waals surface area (Å²) in [6, 6.07) is 13.4. The van der Waals surface area contributed by atoms with E-state index in [-0.39, 0.29) is 6.10 Å². The minimum Gasteiger partial charge on any atom is -0.494 e. The van der Waals surface area contributed by atoms with E-state index in [0.717, 1.165) is 34.3 Å². The summed E-state index contributed by atoms with van der Waals surface area (Å²) in [7, 11) is 0. The maximum absolute atomic E-state index is 6.38. The maximum atomic E-state index is 6.38. The molecule has 5 aromatic rings. The van der Waals surface area contributed by atoms with Crippen molar-refractivity contribution < 1.29 is 18.9 Å². The van der Waals surface area contributed by atoms with Gasteiger partial charge >= 0.3 is 0 Å². The zero-order valence-electron chi connectivity index (χ0n) is 21.3. The third kappa shape index (κ3) is 2.63. The second-order valence-corrected chi connectivity index (χ2v) is 9.49. The quantitative estimate of drug-likeness (QED) is 0.199. The van der Waals surface area contributed by atoms with Crippen molar-refractivity contribution in [3.63, 3.8) is 0 Å². The second kappa shape index (κ2) is 8.01. The first-order valence-electron chi connectivity index (χ1n) is 13.2. The SMILES string of the molecule is CCOC1=c2ccc3c4c5c(c(OCC)c(OCC)c6ccc7ccc(c(c24)c7c65)C1OCC)CC=3. The average molecular weight is 479 g/mol. The Kier molecular flexibility index (Phi) is 4.84. The van der Waals surface area contributed by atoms with E-state index < -0.39 is 0 Å². The van der Waals surface area contributed by atoms with Gasteiger partial charge in [-0.25, -0.2) is 0 Å². The van der Waals surface area contributed by atoms with Gasteiger partial charge in [-0.05, 0) is 77.9 Å². The Balaban J connectivity index is 1.83. The van der Waals surface area contributed by atoms with Gasteiger partial charge in [0.05, 0.1) is 19.8 Å². The third-order valence-electron chi connectivity index (χ3n) is 7.76. The average Bonchev–Trinajstić information content (AvgIpc) is 2.90. The van der Waals surface area contributed by atoms with Crippen molar-refractivity contribution >= 4 is 54.9 Å². The summed E-state index contributed by atoms with van der Waals surface area (Å²) in [5, 5.41) is 12.5. The molecule has 1 atom stereocenters. The van der Waals surface area contributed by atoms with Crippen LogP contribution in [0.5, 0.6) is 11.5 Å². The topological polar surface area (TPSA) is 36.9 Å². The summed E-state index contributed by atoms with van der Waals surface area (Å²) in [6.07, 6.45) is 2.93. The lowest BCUT2D eigenvalue weighted by atomic mass is 9.79. The molecule has 5 aromatic carbocycles. The van der Waals surface area contributed by atoms with Crippen LogP contribution in [0.25, 0.3) is 54.9 Å². The predicted octanol–water partition coefficient (Wildman–Crippen LogP) is 6.11. The summed E-state index contributed by atoms with van der Waals surface area (Å²) in [5.74, 6) is 2.67. The number of hydrogen-bond donors (Lipinski definition) is 0. The molecule has 0 saturated carbocycles. The molecule has 2 aliphatic carbocycles. The monoisotopic (exact) mass is 478 g/mol. The Hall–Kier alpha value is -3.50. The van der Waals surface area contributed by atoms with Crippen molar-refractivity contribution in [2.75, 3.05) is 26.4 Å². The van der Waals surface area contributed by atoms with E-state index in [0.29, 0.717) is 26.4 Å². The standard InChI is InChI=1S/C32H30O4/c1-5-33-29-19-13-9-17-11-15-21-27-23(17)25(19)26-20(30(29)34-6-2)14-10-18-12-16-22(28(27)24(18)26)32(36-8-4)31(21)35-7-3/h9-15,29H,5-8,16H2,1-4H3. The fourth-order valence-corrected chi connectivity index (χ4v) is 6.61. The molecule has 0 N–H and O–H groups in total. The molecule has 0 aliphatic heterocycles. The molecule has 0 spiro atoms. The first-order chi connectivity index (χ1) is 17.7. The highest BCUT2D eigenvalue weighted by Gasteiger charge is 2.33. The molecule has 182 valence electrons. The second-order valence-electron chi connectivity index (χ2n) is 9.49. The van der Waals surface area contributed by atoms with Crippen LogP contribution in [-0.4, -0.2) is 26.4 Å². The van der Waals surface area contributed by atoms with Crippen molar-refractivity contribution in [3.05, 3.63) is 58.0 Å². The van der Waals surface area contributed by atoms with Crippen LogP contribution in [0.2, 0.25) is 0 Å². The van der Waals surface area contributed by atoms with E-state index in [4.69, 9.17) is 18.9 Å². The van der Waals surface area contributed by atoms with Crippen molar-refractivity contribution in [3.8, 4) is 11.5 Å². The highest BCUT2D eigenvalue weighted by Crippen LogP contribution is 2.52. The van der Waals surface area contributed by atoms with Gasteiger partial charge in [-0.2, -0.15) is 0 Å². The first kappa shape index (κ1) is 21.8. The highest BCUT2D eigenvalue weighted by molar-refractivity contribution is 6.37. The van der Waals surface area contributed by atoms with E-state index in [1.54, 1.807) is 0 Å². The van der Waals surface area contributed by atoms with Crippen molar-refractivity contribution in [1.29, 1.82) is 0 Å². The van der Waals surface area contributed by atoms with E-state index >= 15 is 0 Å². The minimum atomic E-state index is -0.224. The van der Waals surface area contributed by atoms with Crippen LogP contribution >= 0.6 is 0 Å². The van der Waals surface area contributed by atoms with Crippen LogP contribution in [0.15, 0.2) is 36.4 Å². The van der Waals surface area contributed by atoms with Gasteiger partial charge in [-0.15, -0.1) is 0 Å². The molecular formula is C32H30O4. The van der Waals surface area contributed by atoms with Gasteiger partial charge in [0.25, 0.3) is 0 Å². The molecule has 0 saturated heterocycles. The van der Waals surface area contributed by atoms with Gasteiger partial charge in [-0.3, -0.25) is 0 Å². The molecule has 7 rings (SSSR count). The zero-order chi connectivity index (χ0) is 24.6. The van der Waals surface area contributed by atoms with Crippen LogP contribution in [0.3, 0.4) is 0 Å². The van der Waals surface area contributed by atoms with E-state index in [2.05, 4.69) is 49.4 Å². The zero-order valence-corrected chi connectivity index (χ0v) is 21.3. The minimum absolute atomic E-state index is 0.224. The van der Waals surface area contributed by atoms with Crippen molar-refractivity contribution in [2.45, 2.75) is 40.2 Å². The molecule has 0 bridgehead atoms. The Bertz CT molecular complexity index is 1810. The van der Waals surface area contributed by atoms with Crippen LogP contribution in [-0.2, 0) is 15.9 Å². The Morgan fingerprint density at radius 1 is 0.667 bits per heavy atom. The normalized spacial score (nSPS) is 16.1. The van der Waals surface area contributed by atoms with Crippen LogP contribution < -0.4 is 19.9 Å². The molecule has 1 unspecified atom stereocenters. The van der Waals surface area contributed by atoms with Crippen molar-refractivity contribution in [1.82, 2.24) is 0 Å². The predicted molar refractivity (Wildman–Crippen MR) is 147 cm³/mol. The van der Waals surface area contributed by atoms with Crippen LogP contribution in [0.4, 0.5) is 0 Å². The lowest BCUT2D eigenvalue weighted by molar-refractivity contribution is 0.0723. The number of benzene rings is 5. The summed E-state index contributed by atoms with van der Waals surface area (Å²) in [6.45, 7) is 10.6. The van der Waals surface area contributed by atoms with Crippen LogP contribution in [0.1, 0.15) is 44.9 Å². The summed E-state index contributed by atoms with van der Waals surface area (Å²) < 4.78 is 25.3. The Morgan fingerprint density at radius 3 is 2.22 bits per heavy atom. The molecule has 4 heteroatoms. The first-order valence-corrected chi connectivity index (χ1v) is 13.2. The molecule has 0 radical (unpaired) electrons. The van der Waals surface area contributed by atoms with Gasteiger partial charge in [-0.1, -0.05) is 36.4 Å². The fraction of sp³-hybridized carbons (Fsp3) is 0.312. The summed E-state index contributed by atoms with van der Waals surface area (Å²) >= 11 is 0. The third-order valence-corrected chi connectivity index (χ3v) is 7.76. The fourth-order valence-electron chi connectivity index (χ4n) is 6.61. The molecule has 0 fully saturated rings. The summed E-state index contributed by atoms with van der Waals surface area (Å²) in [5.41, 5.74) is 2.41. The van der Waals surface area contributed by atoms with E-state index in [1.807, 2.05) is 20.8 Å². The molecule has 0 heterocycles. The lowest BCUT2D eigenvalue weighted by Crippen LogP contribution is -2.26. The lowest BCUT2D eigenvalue weighted by Gasteiger charge is -2.30. The van der Waals surface area contributed by atoms with Gasteiger partial charge in [0.15, 0.2) is 11.5 Å². The number of rotatable bonds is 8. The molecular weight excluding hydrogens is 448 g/mol. The largest absolute Gasteiger partial charge is 0.494 e. The number of ether oxygens (including phenoxy) is 4. The van der Waals surface area contributed by atoms with Gasteiger partial charge < -0.3 is 18.9 Å². The van der Waals surface area contributed by atoms with Gasteiger partial charge in [0, 0.05) is 33.5 Å². The molecule has 0 aromatic heterocycles. The highest BCUT2D eigenvalue weighted by atomic mass is 16.5. The Morgan fingerprint density at radius 2 is 1.44 bits per heavy atom. The molecule has 4 nitrogen and oxygen atoms in total. The van der Waals surface area contributed by atoms with Gasteiger partial charge in [0.1, 0.15) is 11.9 Å². The smallest absolute Gasteiger partial charge is 0.169 e. The summed E-state index contributed by atoms with van der Waals surface area (Å²) in [4.78, 5) is 0. The Labute approximate surface area is 210 Å². The van der Waals surface area contributed by atoms with Crippen LogP contribution in [0, 0.1) is 0 Å². The molecule has 36 heavy (non-hydrogen) atoms. The maximum Gasteiger partial charge on any atom is 0.169 e. The molecule has 0 amide bonds. The van der Waals surface area contributed by atoms with Crippen molar-refractivity contribution in [2.24, 2.45) is 0 Å². The van der Waals surface area contributed by atoms with E-state index in [9.17, 15) is 0 Å². The molecule has 2 aliphatic rings. The van der Waals surface area contributed by atoms with Gasteiger partial charge in [0.2, 0.25) is 0 Å².